The molecule has 1 N–H and O–H groups in total. The number of rotatable bonds is 6. The zero-order valence-electron chi connectivity index (χ0n) is 13.0. The standard InChI is InChI=1S/C16H33N3/c1-18-12-6-10-16(14-18)19(2)13-7-11-17-15-8-4-3-5-9-15/h15-17H,3-14H2,1-2H3. The molecule has 0 spiro atoms. The van der Waals surface area contributed by atoms with Gasteiger partial charge in [-0.2, -0.15) is 0 Å². The van der Waals surface area contributed by atoms with E-state index in [9.17, 15) is 0 Å². The molecule has 1 heterocycles. The van der Waals surface area contributed by atoms with Gasteiger partial charge in [0.25, 0.3) is 0 Å². The minimum absolute atomic E-state index is 0.786. The largest absolute Gasteiger partial charge is 0.314 e. The highest BCUT2D eigenvalue weighted by molar-refractivity contribution is 4.78. The van der Waals surface area contributed by atoms with Gasteiger partial charge in [0.2, 0.25) is 0 Å². The highest BCUT2D eigenvalue weighted by Gasteiger charge is 2.20. The molecule has 2 rings (SSSR count). The Morgan fingerprint density at radius 1 is 1.11 bits per heavy atom. The molecule has 1 aliphatic heterocycles. The summed E-state index contributed by atoms with van der Waals surface area (Å²) in [5.41, 5.74) is 0. The maximum absolute atomic E-state index is 3.75. The summed E-state index contributed by atoms with van der Waals surface area (Å²) in [7, 11) is 4.56. The van der Waals surface area contributed by atoms with Crippen LogP contribution in [0.2, 0.25) is 0 Å². The van der Waals surface area contributed by atoms with Gasteiger partial charge in [0.1, 0.15) is 0 Å². The van der Waals surface area contributed by atoms with Crippen molar-refractivity contribution in [2.75, 3.05) is 40.3 Å². The molecule has 2 fully saturated rings. The second-order valence-electron chi connectivity index (χ2n) is 6.68. The van der Waals surface area contributed by atoms with E-state index in [0.717, 1.165) is 12.1 Å². The monoisotopic (exact) mass is 267 g/mol. The number of likely N-dealkylation sites (N-methyl/N-ethyl adjacent to an activating group) is 2. The molecular weight excluding hydrogens is 234 g/mol. The Morgan fingerprint density at radius 3 is 2.63 bits per heavy atom. The van der Waals surface area contributed by atoms with Gasteiger partial charge in [-0.25, -0.2) is 0 Å². The third kappa shape index (κ3) is 5.41. The lowest BCUT2D eigenvalue weighted by Gasteiger charge is -2.36. The Morgan fingerprint density at radius 2 is 1.89 bits per heavy atom. The second kappa shape index (κ2) is 8.23. The quantitative estimate of drug-likeness (QED) is 0.745. The first-order valence-electron chi connectivity index (χ1n) is 8.38. The molecule has 0 aromatic rings. The number of nitrogens with zero attached hydrogens (tertiary/aromatic N) is 2. The number of hydrogen-bond donors (Lipinski definition) is 1. The van der Waals surface area contributed by atoms with Gasteiger partial charge in [-0.05, 0) is 65.8 Å². The minimum Gasteiger partial charge on any atom is -0.314 e. The van der Waals surface area contributed by atoms with Crippen LogP contribution < -0.4 is 5.32 Å². The van der Waals surface area contributed by atoms with Crippen LogP contribution in [0.4, 0.5) is 0 Å². The smallest absolute Gasteiger partial charge is 0.0220 e. The Bertz CT molecular complexity index is 238. The van der Waals surface area contributed by atoms with Gasteiger partial charge in [0, 0.05) is 18.6 Å². The van der Waals surface area contributed by atoms with Gasteiger partial charge in [0.15, 0.2) is 0 Å². The summed E-state index contributed by atoms with van der Waals surface area (Å²) in [6.07, 6.45) is 11.2. The lowest BCUT2D eigenvalue weighted by Crippen LogP contribution is -2.45. The van der Waals surface area contributed by atoms with E-state index in [0.29, 0.717) is 0 Å². The second-order valence-corrected chi connectivity index (χ2v) is 6.68. The van der Waals surface area contributed by atoms with Gasteiger partial charge in [-0.15, -0.1) is 0 Å². The number of nitrogens with one attached hydrogen (secondary N) is 1. The molecule has 112 valence electrons. The van der Waals surface area contributed by atoms with Crippen molar-refractivity contribution in [1.82, 2.24) is 15.1 Å². The van der Waals surface area contributed by atoms with Gasteiger partial charge in [-0.3, -0.25) is 0 Å². The molecule has 3 heteroatoms. The van der Waals surface area contributed by atoms with Crippen LogP contribution in [0.1, 0.15) is 51.4 Å². The minimum atomic E-state index is 0.786. The van der Waals surface area contributed by atoms with Crippen molar-refractivity contribution in [3.8, 4) is 0 Å². The Labute approximate surface area is 119 Å². The van der Waals surface area contributed by atoms with Crippen molar-refractivity contribution in [2.45, 2.75) is 63.5 Å². The van der Waals surface area contributed by atoms with Crippen LogP contribution in [0, 0.1) is 0 Å². The Kier molecular flexibility index (Phi) is 6.62. The first kappa shape index (κ1) is 15.3. The van der Waals surface area contributed by atoms with Crippen molar-refractivity contribution in [3.63, 3.8) is 0 Å². The van der Waals surface area contributed by atoms with E-state index in [1.165, 1.54) is 77.5 Å². The van der Waals surface area contributed by atoms with Crippen LogP contribution in [-0.2, 0) is 0 Å². The maximum atomic E-state index is 3.75. The number of hydrogen-bond acceptors (Lipinski definition) is 3. The van der Waals surface area contributed by atoms with E-state index in [2.05, 4.69) is 29.2 Å². The molecule has 3 nitrogen and oxygen atoms in total. The average Bonchev–Trinajstić information content (AvgIpc) is 2.44. The third-order valence-electron chi connectivity index (χ3n) is 4.95. The van der Waals surface area contributed by atoms with Gasteiger partial charge in [-0.1, -0.05) is 19.3 Å². The van der Waals surface area contributed by atoms with Gasteiger partial charge in [0.05, 0.1) is 0 Å². The molecule has 1 saturated heterocycles. The van der Waals surface area contributed by atoms with Crippen molar-refractivity contribution in [3.05, 3.63) is 0 Å². The van der Waals surface area contributed by atoms with Crippen molar-refractivity contribution in [2.24, 2.45) is 0 Å². The highest BCUT2D eigenvalue weighted by atomic mass is 15.2. The Balaban J connectivity index is 1.54. The van der Waals surface area contributed by atoms with E-state index < -0.39 is 0 Å². The highest BCUT2D eigenvalue weighted by Crippen LogP contribution is 2.17. The summed E-state index contributed by atoms with van der Waals surface area (Å²) in [5, 5.41) is 3.75. The average molecular weight is 267 g/mol. The topological polar surface area (TPSA) is 18.5 Å². The van der Waals surface area contributed by atoms with Crippen LogP contribution in [0.3, 0.4) is 0 Å². The summed E-state index contributed by atoms with van der Waals surface area (Å²) >= 11 is 0. The zero-order chi connectivity index (χ0) is 13.5. The fourth-order valence-corrected chi connectivity index (χ4v) is 3.62. The first-order chi connectivity index (χ1) is 9.25. The van der Waals surface area contributed by atoms with E-state index in [1.807, 2.05) is 0 Å². The number of piperidine rings is 1. The first-order valence-corrected chi connectivity index (χ1v) is 8.38. The predicted octanol–water partition coefficient (Wildman–Crippen LogP) is 2.32. The molecule has 0 aromatic heterocycles. The molecule has 1 saturated carbocycles. The SMILES string of the molecule is CN1CCCC(N(C)CCCNC2CCCCC2)C1. The van der Waals surface area contributed by atoms with E-state index in [-0.39, 0.29) is 0 Å². The van der Waals surface area contributed by atoms with Crippen LogP contribution in [0.15, 0.2) is 0 Å². The predicted molar refractivity (Wildman–Crippen MR) is 82.6 cm³/mol. The van der Waals surface area contributed by atoms with Crippen molar-refractivity contribution in [1.29, 1.82) is 0 Å². The molecule has 2 aliphatic rings. The maximum Gasteiger partial charge on any atom is 0.0220 e. The molecule has 1 atom stereocenters. The lowest BCUT2D eigenvalue weighted by molar-refractivity contribution is 0.133. The molecular formula is C16H33N3. The summed E-state index contributed by atoms with van der Waals surface area (Å²) in [6.45, 7) is 5.00. The normalized spacial score (nSPS) is 27.0. The molecule has 1 aliphatic carbocycles. The lowest BCUT2D eigenvalue weighted by atomic mass is 9.95. The van der Waals surface area contributed by atoms with Crippen LogP contribution in [0.25, 0.3) is 0 Å². The number of likely N-dealkylation sites (tertiary alicyclic amines) is 1. The summed E-state index contributed by atoms with van der Waals surface area (Å²) in [5.74, 6) is 0. The van der Waals surface area contributed by atoms with E-state index in [4.69, 9.17) is 0 Å². The molecule has 0 aromatic carbocycles. The van der Waals surface area contributed by atoms with Gasteiger partial charge < -0.3 is 15.1 Å². The third-order valence-corrected chi connectivity index (χ3v) is 4.95. The van der Waals surface area contributed by atoms with Gasteiger partial charge >= 0.3 is 0 Å². The molecule has 1 unspecified atom stereocenters. The molecule has 19 heavy (non-hydrogen) atoms. The fourth-order valence-electron chi connectivity index (χ4n) is 3.62. The fraction of sp³-hybridized carbons (Fsp3) is 1.00. The van der Waals surface area contributed by atoms with Crippen molar-refractivity contribution >= 4 is 0 Å². The van der Waals surface area contributed by atoms with E-state index in [1.54, 1.807) is 0 Å². The summed E-state index contributed by atoms with van der Waals surface area (Å²) in [6, 6.07) is 1.60. The summed E-state index contributed by atoms with van der Waals surface area (Å²) < 4.78 is 0. The van der Waals surface area contributed by atoms with Crippen LogP contribution >= 0.6 is 0 Å². The molecule has 0 bridgehead atoms. The van der Waals surface area contributed by atoms with E-state index >= 15 is 0 Å². The molecule has 0 radical (unpaired) electrons. The summed E-state index contributed by atoms with van der Waals surface area (Å²) in [4.78, 5) is 5.06. The zero-order valence-corrected chi connectivity index (χ0v) is 13.0. The van der Waals surface area contributed by atoms with Crippen LogP contribution in [0.5, 0.6) is 0 Å². The molecule has 0 amide bonds. The Hall–Kier alpha value is -0.120. The van der Waals surface area contributed by atoms with Crippen molar-refractivity contribution < 1.29 is 0 Å². The van der Waals surface area contributed by atoms with Crippen LogP contribution in [-0.4, -0.2) is 62.2 Å².